The van der Waals surface area contributed by atoms with Crippen molar-refractivity contribution in [2.24, 2.45) is 5.73 Å². The molecule has 0 saturated carbocycles. The van der Waals surface area contributed by atoms with Crippen molar-refractivity contribution >= 4 is 27.3 Å². The molecule has 0 aromatic heterocycles. The highest BCUT2D eigenvalue weighted by Crippen LogP contribution is 2.27. The van der Waals surface area contributed by atoms with Crippen LogP contribution in [0.4, 0.5) is 10.1 Å². The second-order valence-corrected chi connectivity index (χ2v) is 7.89. The van der Waals surface area contributed by atoms with Gasteiger partial charge in [-0.25, -0.2) is 12.8 Å². The van der Waals surface area contributed by atoms with Crippen LogP contribution in [-0.2, 0) is 16.4 Å². The summed E-state index contributed by atoms with van der Waals surface area (Å²) in [5, 5.41) is -0.589. The number of anilines is 1. The Kier molecular flexibility index (Phi) is 4.37. The summed E-state index contributed by atoms with van der Waals surface area (Å²) in [6.45, 7) is 0.737. The van der Waals surface area contributed by atoms with Crippen molar-refractivity contribution in [3.63, 3.8) is 0 Å². The molecule has 0 radical (unpaired) electrons. The first-order valence-corrected chi connectivity index (χ1v) is 9.06. The van der Waals surface area contributed by atoms with Gasteiger partial charge in [0.1, 0.15) is 11.2 Å². The second kappa shape index (κ2) is 5.68. The first-order valence-electron chi connectivity index (χ1n) is 5.95. The summed E-state index contributed by atoms with van der Waals surface area (Å²) in [5.74, 6) is 0.969. The Morgan fingerprint density at radius 2 is 2.26 bits per heavy atom. The number of hydrogen-bond acceptors (Lipinski definition) is 5. The van der Waals surface area contributed by atoms with Crippen LogP contribution in [0.25, 0.3) is 0 Å². The Balaban J connectivity index is 2.35. The summed E-state index contributed by atoms with van der Waals surface area (Å²) in [6.07, 6.45) is 1.22. The standard InChI is InChI=1S/C12H17FN2O2S2/c1-19(16,17)12-8-18-5-4-15(12)10-3-2-9(7-14)11(13)6-10/h2-3,6,12H,4-5,7-8,14H2,1H3. The SMILES string of the molecule is CS(=O)(=O)C1CSCCN1c1ccc(CN)c(F)c1. The second-order valence-electron chi connectivity index (χ2n) is 4.53. The van der Waals surface area contributed by atoms with Gasteiger partial charge in [-0.3, -0.25) is 0 Å². The zero-order valence-electron chi connectivity index (χ0n) is 10.7. The molecule has 7 heteroatoms. The molecule has 0 aliphatic carbocycles. The Morgan fingerprint density at radius 3 is 2.84 bits per heavy atom. The van der Waals surface area contributed by atoms with Crippen LogP contribution >= 0.6 is 11.8 Å². The van der Waals surface area contributed by atoms with Crippen molar-refractivity contribution in [2.75, 3.05) is 29.2 Å². The molecule has 1 heterocycles. The number of hydrogen-bond donors (Lipinski definition) is 1. The predicted molar refractivity (Wildman–Crippen MR) is 77.6 cm³/mol. The number of rotatable bonds is 3. The number of benzene rings is 1. The largest absolute Gasteiger partial charge is 0.353 e. The summed E-state index contributed by atoms with van der Waals surface area (Å²) >= 11 is 1.61. The molecule has 0 amide bonds. The zero-order chi connectivity index (χ0) is 14.0. The van der Waals surface area contributed by atoms with Crippen molar-refractivity contribution in [3.8, 4) is 0 Å². The van der Waals surface area contributed by atoms with E-state index in [1.807, 2.05) is 0 Å². The van der Waals surface area contributed by atoms with Gasteiger partial charge in [-0.1, -0.05) is 6.07 Å². The minimum atomic E-state index is -3.19. The van der Waals surface area contributed by atoms with Gasteiger partial charge in [0.25, 0.3) is 0 Å². The maximum atomic E-state index is 13.8. The highest BCUT2D eigenvalue weighted by atomic mass is 32.2. The fourth-order valence-electron chi connectivity index (χ4n) is 2.11. The third-order valence-electron chi connectivity index (χ3n) is 3.17. The molecule has 1 fully saturated rings. The van der Waals surface area contributed by atoms with Crippen molar-refractivity contribution in [1.29, 1.82) is 0 Å². The average Bonchev–Trinajstić information content (AvgIpc) is 2.37. The molecule has 4 nitrogen and oxygen atoms in total. The topological polar surface area (TPSA) is 63.4 Å². The highest BCUT2D eigenvalue weighted by Gasteiger charge is 2.31. The molecule has 1 aliphatic rings. The van der Waals surface area contributed by atoms with E-state index in [9.17, 15) is 12.8 Å². The normalized spacial score (nSPS) is 20.6. The van der Waals surface area contributed by atoms with E-state index >= 15 is 0 Å². The van der Waals surface area contributed by atoms with Crippen LogP contribution in [0.1, 0.15) is 5.56 Å². The van der Waals surface area contributed by atoms with E-state index in [4.69, 9.17) is 5.73 Å². The lowest BCUT2D eigenvalue weighted by Gasteiger charge is -2.36. The van der Waals surface area contributed by atoms with Gasteiger partial charge >= 0.3 is 0 Å². The van der Waals surface area contributed by atoms with Gasteiger partial charge in [0, 0.05) is 42.1 Å². The Morgan fingerprint density at radius 1 is 1.53 bits per heavy atom. The van der Waals surface area contributed by atoms with Gasteiger partial charge in [-0.05, 0) is 12.1 Å². The molecule has 0 spiro atoms. The zero-order valence-corrected chi connectivity index (χ0v) is 12.3. The van der Waals surface area contributed by atoms with Crippen LogP contribution < -0.4 is 10.6 Å². The lowest BCUT2D eigenvalue weighted by molar-refractivity contribution is 0.582. The van der Waals surface area contributed by atoms with Crippen molar-refractivity contribution in [2.45, 2.75) is 11.9 Å². The minimum absolute atomic E-state index is 0.136. The molecule has 1 aliphatic heterocycles. The summed E-state index contributed by atoms with van der Waals surface area (Å²) in [4.78, 5) is 1.76. The van der Waals surface area contributed by atoms with Crippen LogP contribution in [0.3, 0.4) is 0 Å². The maximum Gasteiger partial charge on any atom is 0.169 e. The molecule has 1 aromatic rings. The van der Waals surface area contributed by atoms with Crippen LogP contribution in [0, 0.1) is 5.82 Å². The van der Waals surface area contributed by atoms with Crippen molar-refractivity contribution in [1.82, 2.24) is 0 Å². The molecule has 1 unspecified atom stereocenters. The van der Waals surface area contributed by atoms with E-state index in [-0.39, 0.29) is 12.4 Å². The first kappa shape index (κ1) is 14.6. The Hall–Kier alpha value is -0.790. The number of sulfone groups is 1. The van der Waals surface area contributed by atoms with Crippen LogP contribution in [0.2, 0.25) is 0 Å². The number of thioether (sulfide) groups is 1. The van der Waals surface area contributed by atoms with E-state index in [2.05, 4.69) is 0 Å². The van der Waals surface area contributed by atoms with E-state index < -0.39 is 15.2 Å². The number of nitrogens with zero attached hydrogens (tertiary/aromatic N) is 1. The van der Waals surface area contributed by atoms with Crippen LogP contribution in [-0.4, -0.2) is 38.1 Å². The van der Waals surface area contributed by atoms with Gasteiger partial charge in [-0.15, -0.1) is 0 Å². The predicted octanol–water partition coefficient (Wildman–Crippen LogP) is 1.21. The van der Waals surface area contributed by atoms with Gasteiger partial charge in [0.05, 0.1) is 0 Å². The molecule has 1 saturated heterocycles. The molecule has 2 rings (SSSR count). The molecule has 0 bridgehead atoms. The van der Waals surface area contributed by atoms with Gasteiger partial charge in [0.2, 0.25) is 0 Å². The van der Waals surface area contributed by atoms with Crippen molar-refractivity contribution < 1.29 is 12.8 Å². The Bertz CT molecular complexity index is 563. The fourth-order valence-corrected chi connectivity index (χ4v) is 4.95. The highest BCUT2D eigenvalue weighted by molar-refractivity contribution is 8.01. The maximum absolute atomic E-state index is 13.8. The molecule has 106 valence electrons. The minimum Gasteiger partial charge on any atom is -0.353 e. The summed E-state index contributed by atoms with van der Waals surface area (Å²) in [7, 11) is -3.19. The van der Waals surface area contributed by atoms with Crippen molar-refractivity contribution in [3.05, 3.63) is 29.6 Å². The Labute approximate surface area is 117 Å². The van der Waals surface area contributed by atoms with E-state index in [0.717, 1.165) is 5.75 Å². The van der Waals surface area contributed by atoms with Gasteiger partial charge in [0.15, 0.2) is 9.84 Å². The van der Waals surface area contributed by atoms with Gasteiger partial charge in [-0.2, -0.15) is 11.8 Å². The average molecular weight is 304 g/mol. The molecular weight excluding hydrogens is 287 g/mol. The molecule has 1 aromatic carbocycles. The molecular formula is C12H17FN2O2S2. The van der Waals surface area contributed by atoms with E-state index in [1.165, 1.54) is 12.3 Å². The molecule has 19 heavy (non-hydrogen) atoms. The summed E-state index contributed by atoms with van der Waals surface area (Å²) < 4.78 is 37.4. The number of nitrogens with two attached hydrogens (primary N) is 1. The summed E-state index contributed by atoms with van der Waals surface area (Å²) in [5.41, 5.74) is 6.46. The van der Waals surface area contributed by atoms with E-state index in [0.29, 0.717) is 23.5 Å². The van der Waals surface area contributed by atoms with E-state index in [1.54, 1.807) is 28.8 Å². The quantitative estimate of drug-likeness (QED) is 0.909. The first-order chi connectivity index (χ1) is 8.93. The third-order valence-corrected chi connectivity index (χ3v) is 5.81. The molecule has 1 atom stereocenters. The fraction of sp³-hybridized carbons (Fsp3) is 0.500. The smallest absolute Gasteiger partial charge is 0.169 e. The number of halogens is 1. The van der Waals surface area contributed by atoms with Crippen LogP contribution in [0.15, 0.2) is 18.2 Å². The summed E-state index contributed by atoms with van der Waals surface area (Å²) in [6, 6.07) is 4.72. The third kappa shape index (κ3) is 3.21. The molecule has 2 N–H and O–H groups in total. The van der Waals surface area contributed by atoms with Gasteiger partial charge < -0.3 is 10.6 Å². The lowest BCUT2D eigenvalue weighted by atomic mass is 10.2. The monoisotopic (exact) mass is 304 g/mol. The van der Waals surface area contributed by atoms with Crippen LogP contribution in [0.5, 0.6) is 0 Å². The lowest BCUT2D eigenvalue weighted by Crippen LogP contribution is -2.47.